The van der Waals surface area contributed by atoms with Crippen LogP contribution in [0.3, 0.4) is 0 Å². The van der Waals surface area contributed by atoms with Crippen molar-refractivity contribution in [1.29, 1.82) is 0 Å². The molecule has 1 unspecified atom stereocenters. The molecular formula is C17H31F2NO. The fourth-order valence-corrected chi connectivity index (χ4v) is 3.55. The highest BCUT2D eigenvalue weighted by atomic mass is 19.3. The molecule has 1 saturated carbocycles. The summed E-state index contributed by atoms with van der Waals surface area (Å²) in [6, 6.07) is 0. The second-order valence-electron chi connectivity index (χ2n) is 8.54. The first-order chi connectivity index (χ1) is 9.54. The number of alkyl halides is 2. The summed E-state index contributed by atoms with van der Waals surface area (Å²) in [4.78, 5) is 1.97. The lowest BCUT2D eigenvalue weighted by atomic mass is 9.73. The van der Waals surface area contributed by atoms with Gasteiger partial charge in [0.2, 0.25) is 0 Å². The third-order valence-corrected chi connectivity index (χ3v) is 4.96. The lowest BCUT2D eigenvalue weighted by Gasteiger charge is -2.45. The van der Waals surface area contributed by atoms with Gasteiger partial charge in [0.05, 0.1) is 19.3 Å². The molecule has 1 saturated heterocycles. The van der Waals surface area contributed by atoms with Crippen LogP contribution in [0.1, 0.15) is 53.9 Å². The molecule has 1 heterocycles. The highest BCUT2D eigenvalue weighted by Crippen LogP contribution is 2.49. The van der Waals surface area contributed by atoms with E-state index in [1.54, 1.807) is 0 Å². The zero-order chi connectivity index (χ0) is 15.9. The molecule has 2 nitrogen and oxygen atoms in total. The van der Waals surface area contributed by atoms with E-state index in [4.69, 9.17) is 4.74 Å². The van der Waals surface area contributed by atoms with Crippen molar-refractivity contribution in [3.05, 3.63) is 0 Å². The van der Waals surface area contributed by atoms with E-state index < -0.39 is 11.8 Å². The first-order valence-electron chi connectivity index (χ1n) is 8.26. The molecule has 0 spiro atoms. The smallest absolute Gasteiger partial charge is 0.263 e. The van der Waals surface area contributed by atoms with Gasteiger partial charge in [0, 0.05) is 17.9 Å². The van der Waals surface area contributed by atoms with E-state index in [0.29, 0.717) is 6.42 Å². The van der Waals surface area contributed by atoms with Gasteiger partial charge >= 0.3 is 0 Å². The Morgan fingerprint density at radius 3 is 2.29 bits per heavy atom. The Morgan fingerprint density at radius 1 is 1.24 bits per heavy atom. The number of likely N-dealkylation sites (tertiary alicyclic amines) is 1. The van der Waals surface area contributed by atoms with Gasteiger partial charge in [0.1, 0.15) is 0 Å². The molecule has 1 aliphatic heterocycles. The van der Waals surface area contributed by atoms with E-state index in [0.717, 1.165) is 32.5 Å². The predicted octanol–water partition coefficient (Wildman–Crippen LogP) is 4.19. The van der Waals surface area contributed by atoms with E-state index in [2.05, 4.69) is 0 Å². The van der Waals surface area contributed by atoms with Gasteiger partial charge in [0.25, 0.3) is 5.92 Å². The third-order valence-electron chi connectivity index (χ3n) is 4.96. The topological polar surface area (TPSA) is 12.5 Å². The van der Waals surface area contributed by atoms with Crippen molar-refractivity contribution >= 4 is 0 Å². The van der Waals surface area contributed by atoms with Crippen LogP contribution in [0.25, 0.3) is 0 Å². The normalized spacial score (nSPS) is 28.9. The lowest BCUT2D eigenvalue weighted by molar-refractivity contribution is -0.147. The fraction of sp³-hybridized carbons (Fsp3) is 1.00. The zero-order valence-electron chi connectivity index (χ0n) is 14.2. The molecule has 0 radical (unpaired) electrons. The van der Waals surface area contributed by atoms with Gasteiger partial charge < -0.3 is 4.74 Å². The molecule has 1 atom stereocenters. The Kier molecular flexibility index (Phi) is 4.71. The average Bonchev–Trinajstić information content (AvgIpc) is 3.03. The molecule has 0 aromatic heterocycles. The first-order valence-corrected chi connectivity index (χ1v) is 8.26. The van der Waals surface area contributed by atoms with Crippen LogP contribution in [0.15, 0.2) is 0 Å². The summed E-state index contributed by atoms with van der Waals surface area (Å²) in [5, 5.41) is 0. The Bertz CT molecular complexity index is 358. The lowest BCUT2D eigenvalue weighted by Crippen LogP contribution is -2.53. The number of ether oxygens (including phenoxy) is 1. The van der Waals surface area contributed by atoms with E-state index in [1.165, 1.54) is 0 Å². The highest BCUT2D eigenvalue weighted by Gasteiger charge is 2.52. The predicted molar refractivity (Wildman–Crippen MR) is 81.7 cm³/mol. The second kappa shape index (κ2) is 5.77. The molecule has 0 amide bonds. The van der Waals surface area contributed by atoms with Crippen LogP contribution in [0.2, 0.25) is 0 Å². The standard InChI is InChI=1S/C17H31F2NO/c1-13(2)21-12-16(7-8-16)10-20-9-6-14(15(3,4)5)17(18,19)11-20/h13-14H,6-12H2,1-5H3. The minimum atomic E-state index is -2.58. The average molecular weight is 303 g/mol. The summed E-state index contributed by atoms with van der Waals surface area (Å²) in [5.41, 5.74) is -0.178. The van der Waals surface area contributed by atoms with Gasteiger partial charge in [-0.3, -0.25) is 4.90 Å². The van der Waals surface area contributed by atoms with Gasteiger partial charge in [-0.15, -0.1) is 0 Å². The summed E-state index contributed by atoms with van der Waals surface area (Å²) in [7, 11) is 0. The molecule has 1 aliphatic carbocycles. The Balaban J connectivity index is 1.90. The summed E-state index contributed by atoms with van der Waals surface area (Å²) in [6.45, 7) is 12.0. The second-order valence-corrected chi connectivity index (χ2v) is 8.54. The van der Waals surface area contributed by atoms with Crippen LogP contribution in [-0.2, 0) is 4.74 Å². The minimum absolute atomic E-state index is 0.0850. The van der Waals surface area contributed by atoms with Crippen molar-refractivity contribution < 1.29 is 13.5 Å². The Hall–Kier alpha value is -0.220. The quantitative estimate of drug-likeness (QED) is 0.755. The van der Waals surface area contributed by atoms with Crippen LogP contribution in [0.5, 0.6) is 0 Å². The van der Waals surface area contributed by atoms with Crippen molar-refractivity contribution in [1.82, 2.24) is 4.90 Å². The van der Waals surface area contributed by atoms with E-state index in [1.807, 2.05) is 39.5 Å². The molecule has 4 heteroatoms. The van der Waals surface area contributed by atoms with Gasteiger partial charge in [0.15, 0.2) is 0 Å². The molecule has 2 fully saturated rings. The van der Waals surface area contributed by atoms with Gasteiger partial charge in [-0.2, -0.15) is 0 Å². The minimum Gasteiger partial charge on any atom is -0.378 e. The Morgan fingerprint density at radius 2 is 1.86 bits per heavy atom. The molecule has 124 valence electrons. The molecule has 0 aromatic carbocycles. The van der Waals surface area contributed by atoms with Crippen LogP contribution < -0.4 is 0 Å². The number of hydrogen-bond donors (Lipinski definition) is 0. The number of halogens is 2. The van der Waals surface area contributed by atoms with Crippen LogP contribution in [0, 0.1) is 16.7 Å². The zero-order valence-corrected chi connectivity index (χ0v) is 14.2. The fourth-order valence-electron chi connectivity index (χ4n) is 3.55. The highest BCUT2D eigenvalue weighted by molar-refractivity contribution is 4.99. The molecular weight excluding hydrogens is 272 g/mol. The van der Waals surface area contributed by atoms with Gasteiger partial charge in [-0.05, 0) is 45.1 Å². The molecule has 0 aromatic rings. The summed E-state index contributed by atoms with van der Waals surface area (Å²) >= 11 is 0. The van der Waals surface area contributed by atoms with E-state index in [9.17, 15) is 8.78 Å². The van der Waals surface area contributed by atoms with Crippen molar-refractivity contribution in [2.45, 2.75) is 65.9 Å². The monoisotopic (exact) mass is 303 g/mol. The van der Waals surface area contributed by atoms with E-state index >= 15 is 0 Å². The third kappa shape index (κ3) is 4.38. The SMILES string of the molecule is CC(C)OCC1(CN2CCC(C(C)(C)C)C(F)(F)C2)CC1. The summed E-state index contributed by atoms with van der Waals surface area (Å²) in [5.74, 6) is -3.09. The van der Waals surface area contributed by atoms with Crippen molar-refractivity contribution in [2.24, 2.45) is 16.7 Å². The number of nitrogens with zero attached hydrogens (tertiary/aromatic N) is 1. The number of piperidine rings is 1. The molecule has 0 N–H and O–H groups in total. The molecule has 2 rings (SSSR count). The van der Waals surface area contributed by atoms with Gasteiger partial charge in [-0.25, -0.2) is 8.78 Å². The van der Waals surface area contributed by atoms with E-state index in [-0.39, 0.29) is 23.5 Å². The molecule has 0 bridgehead atoms. The van der Waals surface area contributed by atoms with Crippen molar-refractivity contribution in [2.75, 3.05) is 26.2 Å². The summed E-state index contributed by atoms with van der Waals surface area (Å²) in [6.07, 6.45) is 3.04. The maximum absolute atomic E-state index is 14.5. The number of hydrogen-bond acceptors (Lipinski definition) is 2. The molecule has 21 heavy (non-hydrogen) atoms. The van der Waals surface area contributed by atoms with Crippen LogP contribution >= 0.6 is 0 Å². The Labute approximate surface area is 128 Å². The van der Waals surface area contributed by atoms with Crippen LogP contribution in [0.4, 0.5) is 8.78 Å². The molecule has 2 aliphatic rings. The van der Waals surface area contributed by atoms with Crippen molar-refractivity contribution in [3.8, 4) is 0 Å². The maximum Gasteiger partial charge on any atom is 0.263 e. The van der Waals surface area contributed by atoms with Crippen molar-refractivity contribution in [3.63, 3.8) is 0 Å². The van der Waals surface area contributed by atoms with Crippen LogP contribution in [-0.4, -0.2) is 43.2 Å². The largest absolute Gasteiger partial charge is 0.378 e. The first kappa shape index (κ1) is 17.1. The van der Waals surface area contributed by atoms with Gasteiger partial charge in [-0.1, -0.05) is 20.8 Å². The number of rotatable bonds is 5. The maximum atomic E-state index is 14.5. The summed E-state index contributed by atoms with van der Waals surface area (Å²) < 4.78 is 34.6.